The first-order valence-electron chi connectivity index (χ1n) is 14.0. The summed E-state index contributed by atoms with van der Waals surface area (Å²) in [5.74, 6) is -1.11. The summed E-state index contributed by atoms with van der Waals surface area (Å²) < 4.78 is 18.8. The minimum atomic E-state index is -0.473. The molecule has 0 atom stereocenters. The van der Waals surface area contributed by atoms with Crippen LogP contribution in [0.5, 0.6) is 0 Å². The Morgan fingerprint density at radius 3 is 2.53 bits per heavy atom. The Morgan fingerprint density at radius 2 is 1.84 bits per heavy atom. The first kappa shape index (κ1) is 29.8. The molecule has 3 N–H and O–H groups in total. The van der Waals surface area contributed by atoms with Crippen LogP contribution in [-0.4, -0.2) is 86.9 Å². The van der Waals surface area contributed by atoms with Gasteiger partial charge < -0.3 is 25.4 Å². The molecule has 3 amide bonds. The topological polar surface area (TPSA) is 151 Å². The molecule has 4 aromatic rings. The van der Waals surface area contributed by atoms with Gasteiger partial charge in [0.2, 0.25) is 17.7 Å². The van der Waals surface area contributed by atoms with Crippen LogP contribution in [-0.2, 0) is 32.8 Å². The molecule has 1 saturated carbocycles. The van der Waals surface area contributed by atoms with Crippen LogP contribution in [0.2, 0.25) is 0 Å². The number of likely N-dealkylation sites (tertiary alicyclic amines) is 1. The molecule has 2 aliphatic rings. The van der Waals surface area contributed by atoms with Crippen molar-refractivity contribution in [1.29, 1.82) is 0 Å². The van der Waals surface area contributed by atoms with Crippen molar-refractivity contribution in [3.05, 3.63) is 48.0 Å². The standard InChI is InChI=1S/C29H30FN7O4.CH4O/c1-17(39)36-15-29(16-36)10-19(11-29)28-27-20(21-9-24-18(8-22(21)30)12-33-35(24)2)4-3-5-23(27)37(34-28)14-26(41)32-13-25(40)31-6-7-38;1-2/h3-5,7-9,12,19H,6,10-11,13-16H2,1-2H3,(H,31,40)(H,32,41);2H,1H3. The van der Waals surface area contributed by atoms with Crippen LogP contribution in [0.25, 0.3) is 32.9 Å². The van der Waals surface area contributed by atoms with E-state index in [0.29, 0.717) is 28.3 Å². The fourth-order valence-corrected chi connectivity index (χ4v) is 6.28. The zero-order valence-electron chi connectivity index (χ0n) is 24.3. The van der Waals surface area contributed by atoms with Gasteiger partial charge in [0.05, 0.1) is 36.0 Å². The summed E-state index contributed by atoms with van der Waals surface area (Å²) in [5, 5.41) is 22.6. The van der Waals surface area contributed by atoms with Crippen LogP contribution < -0.4 is 10.6 Å². The Kier molecular flexibility index (Phi) is 8.27. The third-order valence-electron chi connectivity index (χ3n) is 8.30. The largest absolute Gasteiger partial charge is 0.400 e. The molecule has 226 valence electrons. The highest BCUT2D eigenvalue weighted by Gasteiger charge is 2.54. The summed E-state index contributed by atoms with van der Waals surface area (Å²) in [5.41, 5.74) is 3.45. The maximum Gasteiger partial charge on any atom is 0.242 e. The number of aldehydes is 1. The van der Waals surface area contributed by atoms with Crippen molar-refractivity contribution in [1.82, 2.24) is 35.1 Å². The number of aliphatic hydroxyl groups is 1. The lowest BCUT2D eigenvalue weighted by molar-refractivity contribution is -0.149. The number of nitrogens with one attached hydrogen (secondary N) is 2. The van der Waals surface area contributed by atoms with Crippen molar-refractivity contribution in [2.24, 2.45) is 12.5 Å². The lowest BCUT2D eigenvalue weighted by atomic mass is 9.56. The number of aryl methyl sites for hydroxylation is 1. The van der Waals surface area contributed by atoms with Crippen molar-refractivity contribution in [3.8, 4) is 11.1 Å². The van der Waals surface area contributed by atoms with Gasteiger partial charge in [-0.25, -0.2) is 4.39 Å². The van der Waals surface area contributed by atoms with Crippen LogP contribution in [0.15, 0.2) is 36.5 Å². The Morgan fingerprint density at radius 1 is 1.09 bits per heavy atom. The third kappa shape index (κ3) is 5.59. The van der Waals surface area contributed by atoms with E-state index in [1.54, 1.807) is 28.6 Å². The molecule has 13 heteroatoms. The first-order chi connectivity index (χ1) is 20.7. The molecule has 1 aliphatic heterocycles. The average Bonchev–Trinajstić information content (AvgIpc) is 3.49. The number of nitrogens with zero attached hydrogens (tertiary/aromatic N) is 5. The molecule has 0 radical (unpaired) electrons. The van der Waals surface area contributed by atoms with E-state index in [1.165, 1.54) is 6.07 Å². The minimum absolute atomic E-state index is 0.0722. The highest BCUT2D eigenvalue weighted by atomic mass is 19.1. The van der Waals surface area contributed by atoms with E-state index >= 15 is 4.39 Å². The number of amides is 3. The molecule has 12 nitrogen and oxygen atoms in total. The van der Waals surface area contributed by atoms with Gasteiger partial charge in [0.1, 0.15) is 18.6 Å². The second-order valence-corrected chi connectivity index (χ2v) is 11.1. The number of hydrogen-bond acceptors (Lipinski definition) is 7. The normalized spacial score (nSPS) is 15.4. The van der Waals surface area contributed by atoms with Gasteiger partial charge in [0.15, 0.2) is 0 Å². The maximum atomic E-state index is 15.5. The second kappa shape index (κ2) is 11.9. The van der Waals surface area contributed by atoms with Crippen LogP contribution >= 0.6 is 0 Å². The van der Waals surface area contributed by atoms with Crippen molar-refractivity contribution in [3.63, 3.8) is 0 Å². The van der Waals surface area contributed by atoms with E-state index in [-0.39, 0.29) is 42.7 Å². The second-order valence-electron chi connectivity index (χ2n) is 11.1. The van der Waals surface area contributed by atoms with Crippen molar-refractivity contribution in [2.45, 2.75) is 32.2 Å². The molecule has 0 unspecified atom stereocenters. The van der Waals surface area contributed by atoms with Crippen LogP contribution in [0, 0.1) is 11.2 Å². The molecule has 6 rings (SSSR count). The monoisotopic (exact) mass is 591 g/mol. The third-order valence-corrected chi connectivity index (χ3v) is 8.30. The molecule has 2 aromatic carbocycles. The van der Waals surface area contributed by atoms with Crippen molar-refractivity contribution in [2.75, 3.05) is 33.3 Å². The molecule has 2 aromatic heterocycles. The van der Waals surface area contributed by atoms with E-state index in [9.17, 15) is 19.2 Å². The molecular weight excluding hydrogens is 557 g/mol. The molecule has 0 bridgehead atoms. The number of aromatic nitrogens is 4. The average molecular weight is 592 g/mol. The van der Waals surface area contributed by atoms with Crippen LogP contribution in [0.3, 0.4) is 0 Å². The lowest BCUT2D eigenvalue weighted by Gasteiger charge is -2.58. The van der Waals surface area contributed by atoms with Crippen LogP contribution in [0.1, 0.15) is 31.4 Å². The molecule has 3 heterocycles. The van der Waals surface area contributed by atoms with Crippen molar-refractivity contribution >= 4 is 45.8 Å². The van der Waals surface area contributed by atoms with Gasteiger partial charge in [-0.1, -0.05) is 12.1 Å². The van der Waals surface area contributed by atoms with E-state index in [0.717, 1.165) is 49.6 Å². The molecule has 2 fully saturated rings. The molecule has 43 heavy (non-hydrogen) atoms. The van der Waals surface area contributed by atoms with Gasteiger partial charge in [-0.3, -0.25) is 23.7 Å². The quantitative estimate of drug-likeness (QED) is 0.263. The number of hydrogen-bond donors (Lipinski definition) is 3. The summed E-state index contributed by atoms with van der Waals surface area (Å²) in [4.78, 5) is 48.7. The minimum Gasteiger partial charge on any atom is -0.400 e. The number of aliphatic hydroxyl groups excluding tert-OH is 1. The Balaban J connectivity index is 0.00000180. The summed E-state index contributed by atoms with van der Waals surface area (Å²) in [6.07, 6.45) is 3.89. The van der Waals surface area contributed by atoms with E-state index < -0.39 is 11.8 Å². The smallest absolute Gasteiger partial charge is 0.242 e. The zero-order valence-corrected chi connectivity index (χ0v) is 24.3. The van der Waals surface area contributed by atoms with Gasteiger partial charge in [0.25, 0.3) is 0 Å². The number of benzene rings is 2. The Labute approximate surface area is 246 Å². The van der Waals surface area contributed by atoms with Crippen molar-refractivity contribution < 1.29 is 28.7 Å². The number of rotatable bonds is 8. The van der Waals surface area contributed by atoms with Gasteiger partial charge >= 0.3 is 0 Å². The SMILES string of the molecule is CC(=O)N1CC2(CC(c3nn(CC(=O)NCC(=O)NCC=O)c4cccc(-c5cc6c(cnn6C)cc5F)c34)C2)C1.CO. The number of halogens is 1. The number of fused-ring (bicyclic) bond motifs is 2. The van der Waals surface area contributed by atoms with Gasteiger partial charge in [-0.05, 0) is 36.6 Å². The highest BCUT2D eigenvalue weighted by molar-refractivity contribution is 6.00. The molecular formula is C30H34FN7O5. The summed E-state index contributed by atoms with van der Waals surface area (Å²) in [6, 6.07) is 8.81. The predicted octanol–water partition coefficient (Wildman–Crippen LogP) is 1.49. The zero-order chi connectivity index (χ0) is 30.9. The van der Waals surface area contributed by atoms with Crippen LogP contribution in [0.4, 0.5) is 4.39 Å². The summed E-state index contributed by atoms with van der Waals surface area (Å²) >= 11 is 0. The maximum absolute atomic E-state index is 15.5. The number of carbonyl (C=O) groups excluding carboxylic acids is 4. The molecule has 1 saturated heterocycles. The first-order valence-corrected chi connectivity index (χ1v) is 14.0. The van der Waals surface area contributed by atoms with E-state index in [2.05, 4.69) is 15.7 Å². The lowest BCUT2D eigenvalue weighted by Crippen LogP contribution is -2.62. The van der Waals surface area contributed by atoms with Gasteiger partial charge in [-0.2, -0.15) is 10.2 Å². The predicted molar refractivity (Wildman–Crippen MR) is 156 cm³/mol. The van der Waals surface area contributed by atoms with Gasteiger partial charge in [0, 0.05) is 61.8 Å². The van der Waals surface area contributed by atoms with E-state index in [1.807, 2.05) is 30.1 Å². The number of carbonyl (C=O) groups is 4. The summed E-state index contributed by atoms with van der Waals surface area (Å²) in [6.45, 7) is 2.50. The summed E-state index contributed by atoms with van der Waals surface area (Å²) in [7, 11) is 2.81. The fourth-order valence-electron chi connectivity index (χ4n) is 6.28. The Hall–Kier alpha value is -4.65. The Bertz CT molecular complexity index is 1710. The molecule has 1 aliphatic carbocycles. The fraction of sp³-hybridized carbons (Fsp3) is 0.400. The molecule has 1 spiro atoms. The van der Waals surface area contributed by atoms with E-state index in [4.69, 9.17) is 10.2 Å². The highest BCUT2D eigenvalue weighted by Crippen LogP contribution is 2.57. The van der Waals surface area contributed by atoms with Gasteiger partial charge in [-0.15, -0.1) is 0 Å².